The second-order valence-electron chi connectivity index (χ2n) is 5.95. The Bertz CT molecular complexity index is 422. The highest BCUT2D eigenvalue weighted by Gasteiger charge is 2.15. The molecule has 0 spiro atoms. The van der Waals surface area contributed by atoms with E-state index in [2.05, 4.69) is 38.0 Å². The topological polar surface area (TPSA) is 69.4 Å². The highest BCUT2D eigenvalue weighted by atomic mass is 16.5. The first-order chi connectivity index (χ1) is 9.93. The summed E-state index contributed by atoms with van der Waals surface area (Å²) in [4.78, 5) is 4.46. The SMILES string of the molecule is CCOCC(Nc1ccc(N)c(OCC(C)C)n1)C(C)C. The summed E-state index contributed by atoms with van der Waals surface area (Å²) in [6.45, 7) is 12.5. The number of anilines is 2. The number of ether oxygens (including phenoxy) is 2. The molecule has 1 aromatic heterocycles. The van der Waals surface area contributed by atoms with Crippen LogP contribution in [0.3, 0.4) is 0 Å². The lowest BCUT2D eigenvalue weighted by atomic mass is 10.1. The highest BCUT2D eigenvalue weighted by molar-refractivity contribution is 5.53. The van der Waals surface area contributed by atoms with E-state index in [-0.39, 0.29) is 6.04 Å². The molecule has 0 aliphatic rings. The number of hydrogen-bond donors (Lipinski definition) is 2. The number of nitrogen functional groups attached to an aromatic ring is 1. The molecular weight excluding hydrogens is 266 g/mol. The summed E-state index contributed by atoms with van der Waals surface area (Å²) in [5.74, 6) is 2.13. The van der Waals surface area contributed by atoms with Crippen LogP contribution < -0.4 is 15.8 Å². The van der Waals surface area contributed by atoms with Crippen molar-refractivity contribution >= 4 is 11.5 Å². The van der Waals surface area contributed by atoms with E-state index in [1.165, 1.54) is 0 Å². The number of pyridine rings is 1. The van der Waals surface area contributed by atoms with Gasteiger partial charge in [0, 0.05) is 6.61 Å². The van der Waals surface area contributed by atoms with Crippen molar-refractivity contribution in [1.29, 1.82) is 0 Å². The van der Waals surface area contributed by atoms with E-state index >= 15 is 0 Å². The fourth-order valence-electron chi connectivity index (χ4n) is 1.73. The summed E-state index contributed by atoms with van der Waals surface area (Å²) in [6, 6.07) is 3.90. The number of nitrogens with two attached hydrogens (primary N) is 1. The van der Waals surface area contributed by atoms with Gasteiger partial charge in [-0.3, -0.25) is 0 Å². The molecule has 5 nitrogen and oxygen atoms in total. The molecule has 0 saturated heterocycles. The Morgan fingerprint density at radius 2 is 1.90 bits per heavy atom. The lowest BCUT2D eigenvalue weighted by molar-refractivity contribution is 0.126. The predicted octanol–water partition coefficient (Wildman–Crippen LogP) is 3.17. The fourth-order valence-corrected chi connectivity index (χ4v) is 1.73. The first kappa shape index (κ1) is 17.6. The first-order valence-corrected chi connectivity index (χ1v) is 7.67. The van der Waals surface area contributed by atoms with Crippen molar-refractivity contribution in [2.45, 2.75) is 40.7 Å². The third-order valence-electron chi connectivity index (χ3n) is 3.08. The molecule has 1 unspecified atom stereocenters. The van der Waals surface area contributed by atoms with Crippen LogP contribution in [0, 0.1) is 11.8 Å². The molecule has 0 aliphatic carbocycles. The average molecular weight is 295 g/mol. The van der Waals surface area contributed by atoms with E-state index in [4.69, 9.17) is 15.2 Å². The maximum atomic E-state index is 5.91. The van der Waals surface area contributed by atoms with Gasteiger partial charge in [-0.1, -0.05) is 27.7 Å². The van der Waals surface area contributed by atoms with Gasteiger partial charge >= 0.3 is 0 Å². The molecule has 1 aromatic rings. The van der Waals surface area contributed by atoms with Gasteiger partial charge in [0.1, 0.15) is 5.82 Å². The molecule has 0 aliphatic heterocycles. The zero-order valence-electron chi connectivity index (χ0n) is 13.8. The summed E-state index contributed by atoms with van der Waals surface area (Å²) in [5.41, 5.74) is 6.47. The van der Waals surface area contributed by atoms with Crippen molar-refractivity contribution in [2.75, 3.05) is 30.9 Å². The number of nitrogens with zero attached hydrogens (tertiary/aromatic N) is 1. The van der Waals surface area contributed by atoms with Crippen LogP contribution in [-0.2, 0) is 4.74 Å². The standard InChI is InChI=1S/C16H29N3O2/c1-6-20-10-14(12(4)5)18-15-8-7-13(17)16(19-15)21-9-11(2)3/h7-8,11-12,14H,6,9-10,17H2,1-5H3,(H,18,19). The first-order valence-electron chi connectivity index (χ1n) is 7.67. The predicted molar refractivity (Wildman–Crippen MR) is 87.7 cm³/mol. The molecule has 0 saturated carbocycles. The second kappa shape index (κ2) is 8.72. The summed E-state index contributed by atoms with van der Waals surface area (Å²) in [5, 5.41) is 3.40. The summed E-state index contributed by atoms with van der Waals surface area (Å²) in [7, 11) is 0. The Morgan fingerprint density at radius 1 is 1.19 bits per heavy atom. The third kappa shape index (κ3) is 6.21. The smallest absolute Gasteiger partial charge is 0.239 e. The molecule has 3 N–H and O–H groups in total. The molecule has 120 valence electrons. The van der Waals surface area contributed by atoms with Gasteiger partial charge in [0.15, 0.2) is 0 Å². The van der Waals surface area contributed by atoms with Gasteiger partial charge in [0.2, 0.25) is 5.88 Å². The van der Waals surface area contributed by atoms with E-state index in [1.54, 1.807) is 0 Å². The normalized spacial score (nSPS) is 12.7. The number of nitrogens with one attached hydrogen (secondary N) is 1. The quantitative estimate of drug-likeness (QED) is 0.732. The van der Waals surface area contributed by atoms with Gasteiger partial charge in [0.05, 0.1) is 24.9 Å². The van der Waals surface area contributed by atoms with Crippen molar-refractivity contribution in [1.82, 2.24) is 4.98 Å². The third-order valence-corrected chi connectivity index (χ3v) is 3.08. The maximum Gasteiger partial charge on any atom is 0.239 e. The molecule has 1 atom stereocenters. The summed E-state index contributed by atoms with van der Waals surface area (Å²) in [6.07, 6.45) is 0. The fraction of sp³-hybridized carbons (Fsp3) is 0.688. The molecule has 21 heavy (non-hydrogen) atoms. The molecule has 1 rings (SSSR count). The van der Waals surface area contributed by atoms with Crippen LogP contribution in [0.15, 0.2) is 12.1 Å². The molecule has 5 heteroatoms. The van der Waals surface area contributed by atoms with Crippen molar-refractivity contribution in [3.05, 3.63) is 12.1 Å². The minimum atomic E-state index is 0.207. The molecule has 0 amide bonds. The Labute approximate surface area is 128 Å². The van der Waals surface area contributed by atoms with Crippen LogP contribution in [0.5, 0.6) is 5.88 Å². The van der Waals surface area contributed by atoms with Gasteiger partial charge in [-0.2, -0.15) is 4.98 Å². The average Bonchev–Trinajstić information content (AvgIpc) is 2.43. The van der Waals surface area contributed by atoms with E-state index in [1.807, 2.05) is 19.1 Å². The van der Waals surface area contributed by atoms with Gasteiger partial charge < -0.3 is 20.5 Å². The zero-order valence-corrected chi connectivity index (χ0v) is 13.8. The molecule has 0 bridgehead atoms. The van der Waals surface area contributed by atoms with Crippen LogP contribution in [-0.4, -0.2) is 30.8 Å². The highest BCUT2D eigenvalue weighted by Crippen LogP contribution is 2.22. The number of hydrogen-bond acceptors (Lipinski definition) is 5. The van der Waals surface area contributed by atoms with E-state index in [9.17, 15) is 0 Å². The van der Waals surface area contributed by atoms with Gasteiger partial charge in [-0.15, -0.1) is 0 Å². The molecule has 0 aromatic carbocycles. The second-order valence-corrected chi connectivity index (χ2v) is 5.95. The van der Waals surface area contributed by atoms with Crippen molar-refractivity contribution in [3.63, 3.8) is 0 Å². The summed E-state index contributed by atoms with van der Waals surface area (Å²) < 4.78 is 11.2. The van der Waals surface area contributed by atoms with Crippen LogP contribution in [0.4, 0.5) is 11.5 Å². The summed E-state index contributed by atoms with van der Waals surface area (Å²) >= 11 is 0. The monoisotopic (exact) mass is 295 g/mol. The van der Waals surface area contributed by atoms with Crippen molar-refractivity contribution < 1.29 is 9.47 Å². The largest absolute Gasteiger partial charge is 0.476 e. The molecule has 0 radical (unpaired) electrons. The van der Waals surface area contributed by atoms with Crippen molar-refractivity contribution in [2.24, 2.45) is 11.8 Å². The van der Waals surface area contributed by atoms with Crippen molar-refractivity contribution in [3.8, 4) is 5.88 Å². The Morgan fingerprint density at radius 3 is 2.48 bits per heavy atom. The van der Waals surface area contributed by atoms with Gasteiger partial charge in [-0.25, -0.2) is 0 Å². The number of rotatable bonds is 9. The van der Waals surface area contributed by atoms with Crippen LogP contribution in [0.2, 0.25) is 0 Å². The van der Waals surface area contributed by atoms with E-state index in [0.717, 1.165) is 5.82 Å². The van der Waals surface area contributed by atoms with Crippen LogP contribution >= 0.6 is 0 Å². The molecule has 1 heterocycles. The van der Waals surface area contributed by atoms with E-state index < -0.39 is 0 Å². The van der Waals surface area contributed by atoms with Crippen LogP contribution in [0.25, 0.3) is 0 Å². The minimum Gasteiger partial charge on any atom is -0.476 e. The van der Waals surface area contributed by atoms with Gasteiger partial charge in [0.25, 0.3) is 0 Å². The molecule has 0 fully saturated rings. The van der Waals surface area contributed by atoms with Gasteiger partial charge in [-0.05, 0) is 30.9 Å². The number of aromatic nitrogens is 1. The minimum absolute atomic E-state index is 0.207. The maximum absolute atomic E-state index is 5.91. The molecular formula is C16H29N3O2. The zero-order chi connectivity index (χ0) is 15.8. The lowest BCUT2D eigenvalue weighted by Gasteiger charge is -2.23. The van der Waals surface area contributed by atoms with Crippen LogP contribution in [0.1, 0.15) is 34.6 Å². The lowest BCUT2D eigenvalue weighted by Crippen LogP contribution is -2.31. The Hall–Kier alpha value is -1.49. The van der Waals surface area contributed by atoms with E-state index in [0.29, 0.717) is 43.2 Å². The Balaban J connectivity index is 2.75. The Kier molecular flexibility index (Phi) is 7.29.